The minimum atomic E-state index is -0.0890. The molecule has 2 aromatic rings. The number of carbonyl (C=O) groups is 1. The van der Waals surface area contributed by atoms with Crippen molar-refractivity contribution in [3.8, 4) is 17.2 Å². The molecule has 28 heavy (non-hydrogen) atoms. The third kappa shape index (κ3) is 5.06. The molecule has 0 radical (unpaired) electrons. The SMILES string of the molecule is CCOc1cc2c(cc1C=CC(=O)N(C)CCOc1ccccc1)OC(C)C2. The van der Waals surface area contributed by atoms with E-state index in [0.717, 1.165) is 34.8 Å². The van der Waals surface area contributed by atoms with E-state index < -0.39 is 0 Å². The van der Waals surface area contributed by atoms with Gasteiger partial charge in [0.05, 0.1) is 13.2 Å². The zero-order chi connectivity index (χ0) is 19.9. The molecule has 3 rings (SSSR count). The molecule has 1 unspecified atom stereocenters. The monoisotopic (exact) mass is 381 g/mol. The first kappa shape index (κ1) is 19.8. The van der Waals surface area contributed by atoms with Gasteiger partial charge < -0.3 is 19.1 Å². The summed E-state index contributed by atoms with van der Waals surface area (Å²) in [5, 5.41) is 0. The number of rotatable bonds is 8. The van der Waals surface area contributed by atoms with Crippen molar-refractivity contribution in [3.63, 3.8) is 0 Å². The summed E-state index contributed by atoms with van der Waals surface area (Å²) in [5.41, 5.74) is 1.99. The van der Waals surface area contributed by atoms with Crippen molar-refractivity contribution < 1.29 is 19.0 Å². The number of ether oxygens (including phenoxy) is 3. The Bertz CT molecular complexity index is 832. The fraction of sp³-hybridized carbons (Fsp3) is 0.348. The van der Waals surface area contributed by atoms with Crippen LogP contribution in [0.5, 0.6) is 17.2 Å². The quantitative estimate of drug-likeness (QED) is 0.650. The van der Waals surface area contributed by atoms with Crippen molar-refractivity contribution in [2.45, 2.75) is 26.4 Å². The number of nitrogens with zero attached hydrogens (tertiary/aromatic N) is 1. The maximum atomic E-state index is 12.4. The zero-order valence-corrected chi connectivity index (χ0v) is 16.7. The highest BCUT2D eigenvalue weighted by Gasteiger charge is 2.21. The second kappa shape index (κ2) is 9.31. The summed E-state index contributed by atoms with van der Waals surface area (Å²) < 4.78 is 17.2. The van der Waals surface area contributed by atoms with Crippen molar-refractivity contribution in [2.24, 2.45) is 0 Å². The normalized spacial score (nSPS) is 15.2. The Hall–Kier alpha value is -2.95. The van der Waals surface area contributed by atoms with Crippen molar-refractivity contribution in [3.05, 3.63) is 59.7 Å². The van der Waals surface area contributed by atoms with Crippen molar-refractivity contribution in [2.75, 3.05) is 26.8 Å². The molecule has 0 N–H and O–H groups in total. The van der Waals surface area contributed by atoms with E-state index in [0.29, 0.717) is 19.8 Å². The Morgan fingerprint density at radius 1 is 1.25 bits per heavy atom. The Balaban J connectivity index is 1.60. The molecule has 0 spiro atoms. The van der Waals surface area contributed by atoms with Crippen molar-refractivity contribution in [1.29, 1.82) is 0 Å². The van der Waals surface area contributed by atoms with Gasteiger partial charge in [-0.25, -0.2) is 0 Å². The first-order valence-corrected chi connectivity index (χ1v) is 9.64. The molecular formula is C23H27NO4. The van der Waals surface area contributed by atoms with Gasteiger partial charge in [-0.15, -0.1) is 0 Å². The molecule has 2 aromatic carbocycles. The molecule has 0 aromatic heterocycles. The molecule has 1 amide bonds. The Morgan fingerprint density at radius 3 is 2.79 bits per heavy atom. The fourth-order valence-corrected chi connectivity index (χ4v) is 3.08. The van der Waals surface area contributed by atoms with E-state index in [4.69, 9.17) is 14.2 Å². The van der Waals surface area contributed by atoms with Gasteiger partial charge in [-0.3, -0.25) is 4.79 Å². The second-order valence-electron chi connectivity index (χ2n) is 6.82. The smallest absolute Gasteiger partial charge is 0.246 e. The van der Waals surface area contributed by atoms with Crippen LogP contribution in [0.3, 0.4) is 0 Å². The number of fused-ring (bicyclic) bond motifs is 1. The summed E-state index contributed by atoms with van der Waals surface area (Å²) >= 11 is 0. The van der Waals surface area contributed by atoms with E-state index in [9.17, 15) is 4.79 Å². The first-order chi connectivity index (χ1) is 13.6. The van der Waals surface area contributed by atoms with Crippen LogP contribution in [0.25, 0.3) is 6.08 Å². The minimum Gasteiger partial charge on any atom is -0.493 e. The average molecular weight is 381 g/mol. The van der Waals surface area contributed by atoms with E-state index >= 15 is 0 Å². The third-order valence-electron chi connectivity index (χ3n) is 4.55. The van der Waals surface area contributed by atoms with E-state index in [1.54, 1.807) is 24.1 Å². The molecule has 1 heterocycles. The second-order valence-corrected chi connectivity index (χ2v) is 6.82. The lowest BCUT2D eigenvalue weighted by Gasteiger charge is -2.16. The first-order valence-electron chi connectivity index (χ1n) is 9.64. The van der Waals surface area contributed by atoms with Gasteiger partial charge in [0.2, 0.25) is 5.91 Å². The molecule has 1 aliphatic rings. The molecule has 148 valence electrons. The molecule has 0 fully saturated rings. The van der Waals surface area contributed by atoms with Crippen molar-refractivity contribution >= 4 is 12.0 Å². The third-order valence-corrected chi connectivity index (χ3v) is 4.55. The van der Waals surface area contributed by atoms with Gasteiger partial charge in [0, 0.05) is 30.7 Å². The number of amides is 1. The van der Waals surface area contributed by atoms with Gasteiger partial charge in [-0.2, -0.15) is 0 Å². The lowest BCUT2D eigenvalue weighted by atomic mass is 10.1. The van der Waals surface area contributed by atoms with Crippen LogP contribution >= 0.6 is 0 Å². The Labute approximate surface area is 166 Å². The van der Waals surface area contributed by atoms with Crippen molar-refractivity contribution in [1.82, 2.24) is 4.90 Å². The van der Waals surface area contributed by atoms with E-state index in [1.165, 1.54) is 0 Å². The maximum Gasteiger partial charge on any atom is 0.246 e. The molecule has 0 aliphatic carbocycles. The van der Waals surface area contributed by atoms with Crippen LogP contribution in [0.4, 0.5) is 0 Å². The fourth-order valence-electron chi connectivity index (χ4n) is 3.08. The van der Waals surface area contributed by atoms with Crippen LogP contribution in [0.15, 0.2) is 48.5 Å². The maximum absolute atomic E-state index is 12.4. The number of benzene rings is 2. The lowest BCUT2D eigenvalue weighted by molar-refractivity contribution is -0.125. The Morgan fingerprint density at radius 2 is 2.04 bits per heavy atom. The van der Waals surface area contributed by atoms with Crippen LogP contribution in [0.2, 0.25) is 0 Å². The summed E-state index contributed by atoms with van der Waals surface area (Å²) in [4.78, 5) is 14.1. The average Bonchev–Trinajstić information content (AvgIpc) is 3.05. The summed E-state index contributed by atoms with van der Waals surface area (Å²) in [5.74, 6) is 2.35. The molecule has 0 bridgehead atoms. The van der Waals surface area contributed by atoms with Gasteiger partial charge in [-0.05, 0) is 44.2 Å². The van der Waals surface area contributed by atoms with E-state index in [-0.39, 0.29) is 12.0 Å². The summed E-state index contributed by atoms with van der Waals surface area (Å²) in [6.07, 6.45) is 4.39. The van der Waals surface area contributed by atoms with E-state index in [1.807, 2.05) is 56.3 Å². The highest BCUT2D eigenvalue weighted by Crippen LogP contribution is 2.35. The highest BCUT2D eigenvalue weighted by atomic mass is 16.5. The predicted octanol–water partition coefficient (Wildman–Crippen LogP) is 3.96. The standard InChI is InChI=1S/C23H27NO4/c1-4-26-21-16-19-14-17(2)28-22(19)15-18(21)10-11-23(25)24(3)12-13-27-20-8-6-5-7-9-20/h5-11,15-17H,4,12-14H2,1-3H3. The molecule has 0 saturated carbocycles. The van der Waals surface area contributed by atoms with Gasteiger partial charge >= 0.3 is 0 Å². The highest BCUT2D eigenvalue weighted by molar-refractivity contribution is 5.92. The zero-order valence-electron chi connectivity index (χ0n) is 16.7. The Kier molecular flexibility index (Phi) is 6.58. The number of para-hydroxylation sites is 1. The van der Waals surface area contributed by atoms with Crippen LogP contribution in [-0.4, -0.2) is 43.7 Å². The molecule has 5 heteroatoms. The number of carbonyl (C=O) groups excluding carboxylic acids is 1. The topological polar surface area (TPSA) is 48.0 Å². The molecule has 0 saturated heterocycles. The number of hydrogen-bond donors (Lipinski definition) is 0. The van der Waals surface area contributed by atoms with Gasteiger partial charge in [0.25, 0.3) is 0 Å². The molecule has 5 nitrogen and oxygen atoms in total. The number of hydrogen-bond acceptors (Lipinski definition) is 4. The van der Waals surface area contributed by atoms with E-state index in [2.05, 4.69) is 0 Å². The summed E-state index contributed by atoms with van der Waals surface area (Å²) in [6.45, 7) is 5.51. The van der Waals surface area contributed by atoms with Crippen LogP contribution < -0.4 is 14.2 Å². The summed E-state index contributed by atoms with van der Waals surface area (Å²) in [7, 11) is 1.76. The van der Waals surface area contributed by atoms with Gasteiger partial charge in [0.15, 0.2) is 0 Å². The van der Waals surface area contributed by atoms with Gasteiger partial charge in [-0.1, -0.05) is 18.2 Å². The van der Waals surface area contributed by atoms with Gasteiger partial charge in [0.1, 0.15) is 30.0 Å². The molecular weight excluding hydrogens is 354 g/mol. The number of likely N-dealkylation sites (N-methyl/N-ethyl adjacent to an activating group) is 1. The lowest BCUT2D eigenvalue weighted by Crippen LogP contribution is -2.29. The van der Waals surface area contributed by atoms with Crippen LogP contribution in [0.1, 0.15) is 25.0 Å². The minimum absolute atomic E-state index is 0.0890. The molecule has 1 atom stereocenters. The largest absolute Gasteiger partial charge is 0.493 e. The van der Waals surface area contributed by atoms with Crippen LogP contribution in [0, 0.1) is 0 Å². The molecule has 1 aliphatic heterocycles. The summed E-state index contributed by atoms with van der Waals surface area (Å²) in [6, 6.07) is 13.5. The predicted molar refractivity (Wildman–Crippen MR) is 110 cm³/mol. The van der Waals surface area contributed by atoms with Crippen LogP contribution in [-0.2, 0) is 11.2 Å².